The molecule has 0 aliphatic carbocycles. The summed E-state index contributed by atoms with van der Waals surface area (Å²) in [7, 11) is 1.70. The van der Waals surface area contributed by atoms with Gasteiger partial charge in [-0.15, -0.1) is 15.3 Å². The third-order valence-corrected chi connectivity index (χ3v) is 2.52. The molecule has 0 aliphatic rings. The van der Waals surface area contributed by atoms with Gasteiger partial charge in [-0.2, -0.15) is 0 Å². The zero-order chi connectivity index (χ0) is 11.5. The van der Waals surface area contributed by atoms with E-state index in [1.165, 1.54) is 0 Å². The zero-order valence-corrected chi connectivity index (χ0v) is 9.33. The van der Waals surface area contributed by atoms with Crippen LogP contribution in [0.15, 0.2) is 4.42 Å². The van der Waals surface area contributed by atoms with Crippen LogP contribution in [0.5, 0.6) is 0 Å². The maximum atomic E-state index is 11.6. The fourth-order valence-electron chi connectivity index (χ4n) is 0.914. The van der Waals surface area contributed by atoms with Gasteiger partial charge in [0.15, 0.2) is 0 Å². The lowest BCUT2D eigenvalue weighted by Gasteiger charge is -1.93. The Kier molecular flexibility index (Phi) is 2.77. The lowest BCUT2D eigenvalue weighted by molar-refractivity contribution is 0.102. The van der Waals surface area contributed by atoms with Crippen LogP contribution >= 0.6 is 11.3 Å². The van der Waals surface area contributed by atoms with Gasteiger partial charge in [-0.1, -0.05) is 16.4 Å². The molecule has 1 amide bonds. The standard InChI is InChI=1S/C7H8N6O2S/c1-3-10-12-6(15-3)9-4(14)5-11-13-7(8-2)16-5/h1-2H3,(H,8,13)(H,9,12,14). The maximum Gasteiger partial charge on any atom is 0.322 e. The molecule has 0 saturated heterocycles. The van der Waals surface area contributed by atoms with Crippen molar-refractivity contribution in [1.29, 1.82) is 0 Å². The minimum atomic E-state index is -0.428. The van der Waals surface area contributed by atoms with E-state index in [1.807, 2.05) is 0 Å². The largest absolute Gasteiger partial charge is 0.408 e. The molecule has 16 heavy (non-hydrogen) atoms. The Labute approximate surface area is 94.1 Å². The van der Waals surface area contributed by atoms with Gasteiger partial charge in [0.25, 0.3) is 5.91 Å². The molecule has 8 nitrogen and oxygen atoms in total. The molecular weight excluding hydrogens is 232 g/mol. The van der Waals surface area contributed by atoms with E-state index in [9.17, 15) is 4.79 Å². The molecular formula is C7H8N6O2S. The summed E-state index contributed by atoms with van der Waals surface area (Å²) in [5.41, 5.74) is 0. The molecule has 2 aromatic rings. The summed E-state index contributed by atoms with van der Waals surface area (Å²) in [6.07, 6.45) is 0. The molecule has 0 saturated carbocycles. The van der Waals surface area contributed by atoms with Gasteiger partial charge in [-0.25, -0.2) is 0 Å². The average molecular weight is 240 g/mol. The number of hydrogen-bond donors (Lipinski definition) is 2. The van der Waals surface area contributed by atoms with E-state index in [2.05, 4.69) is 31.0 Å². The molecule has 2 aromatic heterocycles. The van der Waals surface area contributed by atoms with Crippen LogP contribution in [0.2, 0.25) is 0 Å². The second-order valence-corrected chi connectivity index (χ2v) is 3.72. The monoisotopic (exact) mass is 240 g/mol. The number of anilines is 2. The number of nitrogens with one attached hydrogen (secondary N) is 2. The minimum absolute atomic E-state index is 0.0451. The van der Waals surface area contributed by atoms with Crippen LogP contribution in [0.1, 0.15) is 15.7 Å². The number of nitrogens with zero attached hydrogens (tertiary/aromatic N) is 4. The molecule has 0 fully saturated rings. The molecule has 0 aromatic carbocycles. The Morgan fingerprint density at radius 1 is 1.31 bits per heavy atom. The van der Waals surface area contributed by atoms with E-state index < -0.39 is 5.91 Å². The molecule has 0 unspecified atom stereocenters. The quantitative estimate of drug-likeness (QED) is 0.805. The molecule has 84 valence electrons. The maximum absolute atomic E-state index is 11.6. The van der Waals surface area contributed by atoms with Gasteiger partial charge >= 0.3 is 6.01 Å². The summed E-state index contributed by atoms with van der Waals surface area (Å²) < 4.78 is 5.00. The number of amides is 1. The Balaban J connectivity index is 2.08. The summed E-state index contributed by atoms with van der Waals surface area (Å²) in [6, 6.07) is 0.0451. The van der Waals surface area contributed by atoms with E-state index in [1.54, 1.807) is 14.0 Å². The van der Waals surface area contributed by atoms with Crippen molar-refractivity contribution in [1.82, 2.24) is 20.4 Å². The van der Waals surface area contributed by atoms with Crippen LogP contribution in [-0.4, -0.2) is 33.3 Å². The highest BCUT2D eigenvalue weighted by Gasteiger charge is 2.14. The van der Waals surface area contributed by atoms with E-state index in [4.69, 9.17) is 4.42 Å². The first kappa shape index (κ1) is 10.5. The van der Waals surface area contributed by atoms with Gasteiger partial charge in [0.05, 0.1) is 0 Å². The zero-order valence-electron chi connectivity index (χ0n) is 8.51. The second kappa shape index (κ2) is 4.23. The highest BCUT2D eigenvalue weighted by Crippen LogP contribution is 2.15. The Bertz CT molecular complexity index is 506. The van der Waals surface area contributed by atoms with Gasteiger partial charge in [-0.05, 0) is 0 Å². The average Bonchev–Trinajstić information content (AvgIpc) is 2.87. The number of aryl methyl sites for hydroxylation is 1. The van der Waals surface area contributed by atoms with Crippen LogP contribution in [0.3, 0.4) is 0 Å². The molecule has 0 aliphatic heterocycles. The number of rotatable bonds is 3. The summed E-state index contributed by atoms with van der Waals surface area (Å²) in [5, 5.41) is 20.6. The Hall–Kier alpha value is -2.03. The van der Waals surface area contributed by atoms with Gasteiger partial charge in [-0.3, -0.25) is 10.1 Å². The van der Waals surface area contributed by atoms with Crippen molar-refractivity contribution in [3.63, 3.8) is 0 Å². The van der Waals surface area contributed by atoms with Gasteiger partial charge in [0, 0.05) is 14.0 Å². The van der Waals surface area contributed by atoms with Crippen LogP contribution in [0.4, 0.5) is 11.1 Å². The molecule has 2 heterocycles. The fourth-order valence-corrected chi connectivity index (χ4v) is 1.51. The molecule has 9 heteroatoms. The summed E-state index contributed by atoms with van der Waals surface area (Å²) >= 11 is 1.13. The number of carbonyl (C=O) groups is 1. The van der Waals surface area contributed by atoms with E-state index in [0.29, 0.717) is 11.0 Å². The Morgan fingerprint density at radius 3 is 2.69 bits per heavy atom. The number of hydrogen-bond acceptors (Lipinski definition) is 8. The van der Waals surface area contributed by atoms with Crippen LogP contribution in [0.25, 0.3) is 0 Å². The predicted molar refractivity (Wildman–Crippen MR) is 56.4 cm³/mol. The van der Waals surface area contributed by atoms with Crippen molar-refractivity contribution in [2.75, 3.05) is 17.7 Å². The van der Waals surface area contributed by atoms with Crippen molar-refractivity contribution in [2.45, 2.75) is 6.92 Å². The summed E-state index contributed by atoms with van der Waals surface area (Å²) in [4.78, 5) is 11.6. The first-order valence-electron chi connectivity index (χ1n) is 4.32. The summed E-state index contributed by atoms with van der Waals surface area (Å²) in [6.45, 7) is 1.63. The van der Waals surface area contributed by atoms with E-state index >= 15 is 0 Å². The highest BCUT2D eigenvalue weighted by atomic mass is 32.1. The first-order chi connectivity index (χ1) is 7.69. The summed E-state index contributed by atoms with van der Waals surface area (Å²) in [5.74, 6) is -0.0499. The minimum Gasteiger partial charge on any atom is -0.408 e. The van der Waals surface area contributed by atoms with Crippen LogP contribution in [-0.2, 0) is 0 Å². The lowest BCUT2D eigenvalue weighted by atomic mass is 10.6. The van der Waals surface area contributed by atoms with E-state index in [-0.39, 0.29) is 11.0 Å². The molecule has 2 rings (SSSR count). The van der Waals surface area contributed by atoms with E-state index in [0.717, 1.165) is 11.3 Å². The second-order valence-electron chi connectivity index (χ2n) is 2.74. The van der Waals surface area contributed by atoms with Gasteiger partial charge < -0.3 is 9.73 Å². The molecule has 0 bridgehead atoms. The van der Waals surface area contributed by atoms with Crippen molar-refractivity contribution < 1.29 is 9.21 Å². The number of aromatic nitrogens is 4. The molecule has 0 spiro atoms. The van der Waals surface area contributed by atoms with Gasteiger partial charge in [0.2, 0.25) is 16.0 Å². The topological polar surface area (TPSA) is 106 Å². The predicted octanol–water partition coefficient (Wildman–Crippen LogP) is 0.524. The number of carbonyl (C=O) groups excluding carboxylic acids is 1. The van der Waals surface area contributed by atoms with Crippen LogP contribution in [0, 0.1) is 6.92 Å². The normalized spacial score (nSPS) is 10.1. The van der Waals surface area contributed by atoms with Crippen molar-refractivity contribution >= 4 is 28.4 Å². The first-order valence-corrected chi connectivity index (χ1v) is 5.13. The molecule has 2 N–H and O–H groups in total. The lowest BCUT2D eigenvalue weighted by Crippen LogP contribution is -2.11. The molecule has 0 atom stereocenters. The van der Waals surface area contributed by atoms with Crippen molar-refractivity contribution in [2.24, 2.45) is 0 Å². The molecule has 0 radical (unpaired) electrons. The van der Waals surface area contributed by atoms with Gasteiger partial charge in [0.1, 0.15) is 0 Å². The Morgan fingerprint density at radius 2 is 2.12 bits per heavy atom. The smallest absolute Gasteiger partial charge is 0.322 e. The van der Waals surface area contributed by atoms with Crippen molar-refractivity contribution in [3.05, 3.63) is 10.9 Å². The third-order valence-electron chi connectivity index (χ3n) is 1.58. The third kappa shape index (κ3) is 2.14. The highest BCUT2D eigenvalue weighted by molar-refractivity contribution is 7.17. The van der Waals surface area contributed by atoms with Crippen LogP contribution < -0.4 is 10.6 Å². The SMILES string of the molecule is CNc1nnc(C(=O)Nc2nnc(C)o2)s1. The fraction of sp³-hybridized carbons (Fsp3) is 0.286. The van der Waals surface area contributed by atoms with Crippen molar-refractivity contribution in [3.8, 4) is 0 Å².